The van der Waals surface area contributed by atoms with Crippen LogP contribution in [0, 0.1) is 3.57 Å². The van der Waals surface area contributed by atoms with Gasteiger partial charge in [0.25, 0.3) is 0 Å². The summed E-state index contributed by atoms with van der Waals surface area (Å²) in [6, 6.07) is 6.21. The van der Waals surface area contributed by atoms with Crippen molar-refractivity contribution in [3.63, 3.8) is 0 Å². The smallest absolute Gasteiger partial charge is 0.115 e. The van der Waals surface area contributed by atoms with Crippen molar-refractivity contribution in [1.29, 1.82) is 0 Å². The first-order chi connectivity index (χ1) is 8.60. The lowest BCUT2D eigenvalue weighted by Gasteiger charge is -2.14. The van der Waals surface area contributed by atoms with Gasteiger partial charge in [-0.3, -0.25) is 0 Å². The van der Waals surface area contributed by atoms with E-state index in [1.807, 2.05) is 24.4 Å². The first-order valence-electron chi connectivity index (χ1n) is 5.86. The lowest BCUT2D eigenvalue weighted by molar-refractivity contribution is 0.870. The molecule has 2 rings (SSSR count). The molecule has 18 heavy (non-hydrogen) atoms. The molecule has 2 aromatic rings. The predicted octanol–water partition coefficient (Wildman–Crippen LogP) is 4.07. The minimum atomic E-state index is 0.178. The zero-order valence-corrected chi connectivity index (χ0v) is 13.4. The van der Waals surface area contributed by atoms with Crippen molar-refractivity contribution in [3.05, 3.63) is 37.9 Å². The van der Waals surface area contributed by atoms with Gasteiger partial charge < -0.3 is 11.1 Å². The zero-order chi connectivity index (χ0) is 13.1. The number of benzene rings is 1. The maximum Gasteiger partial charge on any atom is 0.115 e. The Morgan fingerprint density at radius 3 is 2.89 bits per heavy atom. The number of rotatable bonds is 4. The molecule has 0 aliphatic carbocycles. The van der Waals surface area contributed by atoms with Crippen LogP contribution >= 0.6 is 33.9 Å². The maximum atomic E-state index is 5.99. The Bertz CT molecular complexity index is 539. The largest absolute Gasteiger partial charge is 0.397 e. The van der Waals surface area contributed by atoms with Crippen molar-refractivity contribution in [2.45, 2.75) is 26.3 Å². The number of nitrogens with zero attached hydrogens (tertiary/aromatic N) is 1. The minimum Gasteiger partial charge on any atom is -0.397 e. The summed E-state index contributed by atoms with van der Waals surface area (Å²) >= 11 is 4.01. The van der Waals surface area contributed by atoms with Gasteiger partial charge in [0.1, 0.15) is 5.01 Å². The molecule has 0 spiro atoms. The van der Waals surface area contributed by atoms with E-state index in [9.17, 15) is 0 Å². The van der Waals surface area contributed by atoms with Crippen LogP contribution < -0.4 is 11.1 Å². The summed E-state index contributed by atoms with van der Waals surface area (Å²) in [7, 11) is 0. The molecule has 1 atom stereocenters. The number of hydrogen-bond acceptors (Lipinski definition) is 4. The molecule has 0 fully saturated rings. The van der Waals surface area contributed by atoms with E-state index in [4.69, 9.17) is 5.73 Å². The van der Waals surface area contributed by atoms with Gasteiger partial charge in [0.15, 0.2) is 0 Å². The quantitative estimate of drug-likeness (QED) is 0.628. The number of halogens is 1. The van der Waals surface area contributed by atoms with Crippen molar-refractivity contribution in [2.75, 3.05) is 11.1 Å². The number of thiazole rings is 1. The highest BCUT2D eigenvalue weighted by molar-refractivity contribution is 14.1. The third kappa shape index (κ3) is 3.14. The first kappa shape index (κ1) is 13.6. The normalized spacial score (nSPS) is 12.4. The molecule has 5 heteroatoms. The molecule has 3 N–H and O–H groups in total. The van der Waals surface area contributed by atoms with Gasteiger partial charge in [-0.05, 0) is 54.1 Å². The topological polar surface area (TPSA) is 50.9 Å². The molecule has 0 aliphatic heterocycles. The Labute approximate surface area is 125 Å². The summed E-state index contributed by atoms with van der Waals surface area (Å²) in [6.07, 6.45) is 2.99. The van der Waals surface area contributed by atoms with Crippen LogP contribution in [0.1, 0.15) is 29.8 Å². The Morgan fingerprint density at radius 1 is 1.50 bits per heavy atom. The Kier molecular flexibility index (Phi) is 4.45. The number of nitrogen functional groups attached to an aromatic ring is 1. The molecular weight excluding hydrogens is 357 g/mol. The van der Waals surface area contributed by atoms with Crippen molar-refractivity contribution >= 4 is 45.3 Å². The number of anilines is 2. The second kappa shape index (κ2) is 5.88. The molecule has 0 saturated heterocycles. The van der Waals surface area contributed by atoms with Gasteiger partial charge in [-0.1, -0.05) is 6.92 Å². The highest BCUT2D eigenvalue weighted by Gasteiger charge is 2.11. The van der Waals surface area contributed by atoms with Gasteiger partial charge in [-0.15, -0.1) is 11.3 Å². The Hall–Kier alpha value is -0.820. The van der Waals surface area contributed by atoms with E-state index in [1.165, 1.54) is 4.88 Å². The molecule has 3 nitrogen and oxygen atoms in total. The van der Waals surface area contributed by atoms with Crippen LogP contribution in [-0.2, 0) is 6.42 Å². The molecule has 1 aromatic heterocycles. The molecule has 1 unspecified atom stereocenters. The molecule has 96 valence electrons. The summed E-state index contributed by atoms with van der Waals surface area (Å²) in [5.41, 5.74) is 7.74. The fourth-order valence-electron chi connectivity index (χ4n) is 1.65. The van der Waals surface area contributed by atoms with Gasteiger partial charge in [0, 0.05) is 14.6 Å². The van der Waals surface area contributed by atoms with Crippen molar-refractivity contribution in [1.82, 2.24) is 4.98 Å². The maximum absolute atomic E-state index is 5.99. The Balaban J connectivity index is 2.13. The summed E-state index contributed by atoms with van der Waals surface area (Å²) in [5.74, 6) is 0. The molecule has 0 amide bonds. The van der Waals surface area contributed by atoms with Crippen molar-refractivity contribution < 1.29 is 0 Å². The van der Waals surface area contributed by atoms with E-state index in [0.29, 0.717) is 0 Å². The van der Waals surface area contributed by atoms with E-state index in [0.717, 1.165) is 26.4 Å². The molecule has 1 aromatic carbocycles. The van der Waals surface area contributed by atoms with E-state index < -0.39 is 0 Å². The lowest BCUT2D eigenvalue weighted by atomic mass is 10.2. The average molecular weight is 373 g/mol. The number of aryl methyl sites for hydroxylation is 1. The highest BCUT2D eigenvalue weighted by Crippen LogP contribution is 2.27. The summed E-state index contributed by atoms with van der Waals surface area (Å²) < 4.78 is 1.14. The van der Waals surface area contributed by atoms with Crippen LogP contribution in [-0.4, -0.2) is 4.98 Å². The van der Waals surface area contributed by atoms with Gasteiger partial charge in [-0.2, -0.15) is 0 Å². The summed E-state index contributed by atoms with van der Waals surface area (Å²) in [4.78, 5) is 5.76. The number of hydrogen-bond donors (Lipinski definition) is 2. The first-order valence-corrected chi connectivity index (χ1v) is 7.76. The van der Waals surface area contributed by atoms with E-state index in [-0.39, 0.29) is 6.04 Å². The van der Waals surface area contributed by atoms with Gasteiger partial charge in [0.2, 0.25) is 0 Å². The van der Waals surface area contributed by atoms with Crippen LogP contribution in [0.25, 0.3) is 0 Å². The van der Waals surface area contributed by atoms with Crippen LogP contribution in [0.4, 0.5) is 11.4 Å². The van der Waals surface area contributed by atoms with Gasteiger partial charge in [-0.25, -0.2) is 4.98 Å². The molecular formula is C13H16IN3S. The molecule has 0 aliphatic rings. The van der Waals surface area contributed by atoms with Crippen molar-refractivity contribution in [2.24, 2.45) is 0 Å². The molecule has 0 saturated carbocycles. The zero-order valence-electron chi connectivity index (χ0n) is 10.4. The highest BCUT2D eigenvalue weighted by atomic mass is 127. The summed E-state index contributed by atoms with van der Waals surface area (Å²) in [6.45, 7) is 4.25. The Morgan fingerprint density at radius 2 is 2.28 bits per heavy atom. The number of nitrogens with one attached hydrogen (secondary N) is 1. The van der Waals surface area contributed by atoms with E-state index >= 15 is 0 Å². The molecule has 1 heterocycles. The summed E-state index contributed by atoms with van der Waals surface area (Å²) in [5, 5.41) is 4.51. The van der Waals surface area contributed by atoms with Crippen LogP contribution in [0.5, 0.6) is 0 Å². The molecule has 0 bridgehead atoms. The third-order valence-electron chi connectivity index (χ3n) is 2.68. The monoisotopic (exact) mass is 373 g/mol. The third-order valence-corrected chi connectivity index (χ3v) is 4.67. The van der Waals surface area contributed by atoms with Gasteiger partial charge in [0.05, 0.1) is 17.4 Å². The lowest BCUT2D eigenvalue weighted by Crippen LogP contribution is -2.08. The van der Waals surface area contributed by atoms with E-state index in [1.54, 1.807) is 11.3 Å². The minimum absolute atomic E-state index is 0.178. The number of aromatic nitrogens is 1. The van der Waals surface area contributed by atoms with Gasteiger partial charge >= 0.3 is 0 Å². The standard InChI is InChI=1S/C13H16IN3S/c1-3-10-7-16-13(18-10)8(2)17-12-5-4-9(14)6-11(12)15/h4-8,17H,3,15H2,1-2H3. The molecule has 0 radical (unpaired) electrons. The van der Waals surface area contributed by atoms with Crippen LogP contribution in [0.3, 0.4) is 0 Å². The van der Waals surface area contributed by atoms with Crippen LogP contribution in [0.15, 0.2) is 24.4 Å². The fourth-order valence-corrected chi connectivity index (χ4v) is 3.02. The second-order valence-electron chi connectivity index (χ2n) is 4.12. The fraction of sp³-hybridized carbons (Fsp3) is 0.308. The second-order valence-corrected chi connectivity index (χ2v) is 6.51. The van der Waals surface area contributed by atoms with Crippen LogP contribution in [0.2, 0.25) is 0 Å². The average Bonchev–Trinajstić information content (AvgIpc) is 2.81. The number of nitrogens with two attached hydrogens (primary N) is 1. The van der Waals surface area contributed by atoms with Crippen molar-refractivity contribution in [3.8, 4) is 0 Å². The SMILES string of the molecule is CCc1cnc(C(C)Nc2ccc(I)cc2N)s1. The predicted molar refractivity (Wildman–Crippen MR) is 87.1 cm³/mol. The van der Waals surface area contributed by atoms with E-state index in [2.05, 4.69) is 46.7 Å².